The van der Waals surface area contributed by atoms with Crippen molar-refractivity contribution in [1.82, 2.24) is 10.3 Å². The minimum Gasteiger partial charge on any atom is -0.352 e. The first-order valence-electron chi connectivity index (χ1n) is 10.1. The summed E-state index contributed by atoms with van der Waals surface area (Å²) in [5.74, 6) is -1.39. The Morgan fingerprint density at radius 3 is 2.81 bits per heavy atom. The average molecular weight is 470 g/mol. The van der Waals surface area contributed by atoms with Crippen molar-refractivity contribution in [2.45, 2.75) is 30.2 Å². The molecule has 32 heavy (non-hydrogen) atoms. The normalized spacial score (nSPS) is 16.4. The minimum absolute atomic E-state index is 0.182. The number of carbonyl (C=O) groups is 2. The van der Waals surface area contributed by atoms with Crippen molar-refractivity contribution in [2.75, 3.05) is 4.90 Å². The molecule has 5 nitrogen and oxygen atoms in total. The van der Waals surface area contributed by atoms with E-state index in [0.29, 0.717) is 12.1 Å². The molecule has 1 aliphatic heterocycles. The Morgan fingerprint density at radius 1 is 1.25 bits per heavy atom. The van der Waals surface area contributed by atoms with Gasteiger partial charge in [-0.25, -0.2) is 4.39 Å². The number of hydrogen-bond donors (Lipinski definition) is 1. The van der Waals surface area contributed by atoms with Crippen LogP contribution in [0.25, 0.3) is 0 Å². The van der Waals surface area contributed by atoms with Crippen LogP contribution in [0.5, 0.6) is 0 Å². The summed E-state index contributed by atoms with van der Waals surface area (Å²) in [6.07, 6.45) is 3.36. The lowest BCUT2D eigenvalue weighted by Crippen LogP contribution is -2.47. The van der Waals surface area contributed by atoms with Crippen molar-refractivity contribution in [3.05, 3.63) is 89.0 Å². The maximum atomic E-state index is 13.5. The highest BCUT2D eigenvalue weighted by atomic mass is 35.5. The van der Waals surface area contributed by atoms with Gasteiger partial charge in [0.25, 0.3) is 0 Å². The third-order valence-corrected chi connectivity index (χ3v) is 7.14. The van der Waals surface area contributed by atoms with Gasteiger partial charge >= 0.3 is 0 Å². The number of halogens is 2. The SMILES string of the molecule is C[C@@H](C(=O)NCc1cccnc1)[C@@H]1Sc2ccccc2N(Cc2ccc(F)cc2Cl)C1=O. The molecule has 2 amide bonds. The van der Waals surface area contributed by atoms with E-state index in [4.69, 9.17) is 11.6 Å². The lowest BCUT2D eigenvalue weighted by molar-refractivity contribution is -0.128. The van der Waals surface area contributed by atoms with E-state index in [0.717, 1.165) is 16.1 Å². The summed E-state index contributed by atoms with van der Waals surface area (Å²) in [6, 6.07) is 15.4. The fourth-order valence-electron chi connectivity index (χ4n) is 3.53. The van der Waals surface area contributed by atoms with Gasteiger partial charge in [-0.15, -0.1) is 11.8 Å². The number of amides is 2. The maximum Gasteiger partial charge on any atom is 0.241 e. The zero-order chi connectivity index (χ0) is 22.7. The van der Waals surface area contributed by atoms with E-state index in [2.05, 4.69) is 10.3 Å². The molecular weight excluding hydrogens is 449 g/mol. The number of pyridine rings is 1. The van der Waals surface area contributed by atoms with Gasteiger partial charge in [-0.2, -0.15) is 0 Å². The number of benzene rings is 2. The summed E-state index contributed by atoms with van der Waals surface area (Å²) in [4.78, 5) is 32.9. The van der Waals surface area contributed by atoms with E-state index in [-0.39, 0.29) is 23.4 Å². The smallest absolute Gasteiger partial charge is 0.241 e. The molecule has 0 aliphatic carbocycles. The van der Waals surface area contributed by atoms with Crippen molar-refractivity contribution < 1.29 is 14.0 Å². The number of anilines is 1. The minimum atomic E-state index is -0.599. The van der Waals surface area contributed by atoms with E-state index in [1.807, 2.05) is 30.3 Å². The molecule has 0 fully saturated rings. The molecule has 1 N–H and O–H groups in total. The second-order valence-electron chi connectivity index (χ2n) is 7.53. The molecule has 2 heterocycles. The molecule has 1 aliphatic rings. The van der Waals surface area contributed by atoms with Crippen molar-refractivity contribution in [3.8, 4) is 0 Å². The molecule has 0 spiro atoms. The zero-order valence-electron chi connectivity index (χ0n) is 17.3. The van der Waals surface area contributed by atoms with Crippen molar-refractivity contribution in [3.63, 3.8) is 0 Å². The first kappa shape index (κ1) is 22.3. The summed E-state index contributed by atoms with van der Waals surface area (Å²) >= 11 is 7.61. The first-order chi connectivity index (χ1) is 15.4. The predicted molar refractivity (Wildman–Crippen MR) is 124 cm³/mol. The third-order valence-electron chi connectivity index (χ3n) is 5.32. The summed E-state index contributed by atoms with van der Waals surface area (Å²) in [7, 11) is 0. The molecule has 2 aromatic carbocycles. The molecule has 1 aromatic heterocycles. The van der Waals surface area contributed by atoms with Crippen LogP contribution in [0.3, 0.4) is 0 Å². The Kier molecular flexibility index (Phi) is 6.77. The van der Waals surface area contributed by atoms with Gasteiger partial charge in [0.2, 0.25) is 11.8 Å². The van der Waals surface area contributed by atoms with Crippen LogP contribution < -0.4 is 10.2 Å². The van der Waals surface area contributed by atoms with Crippen LogP contribution in [0.1, 0.15) is 18.1 Å². The van der Waals surface area contributed by atoms with Gasteiger partial charge in [0, 0.05) is 28.9 Å². The number of nitrogens with zero attached hydrogens (tertiary/aromatic N) is 2. The summed E-state index contributed by atoms with van der Waals surface area (Å²) in [5.41, 5.74) is 2.27. The van der Waals surface area contributed by atoms with Gasteiger partial charge in [-0.1, -0.05) is 42.8 Å². The van der Waals surface area contributed by atoms with Crippen molar-refractivity contribution in [2.24, 2.45) is 5.92 Å². The number of aromatic nitrogens is 1. The molecule has 3 aromatic rings. The standard InChI is InChI=1S/C24H21ClFN3O2S/c1-15(23(30)28-13-16-5-4-10-27-12-16)22-24(31)29(20-6-2-3-7-21(20)32-22)14-17-8-9-18(26)11-19(17)25/h2-12,15,22H,13-14H2,1H3,(H,28,30)/t15-,22+/m1/s1. The highest BCUT2D eigenvalue weighted by molar-refractivity contribution is 8.01. The molecule has 0 radical (unpaired) electrons. The summed E-state index contributed by atoms with van der Waals surface area (Å²) < 4.78 is 13.5. The topological polar surface area (TPSA) is 62.3 Å². The molecule has 8 heteroatoms. The van der Waals surface area contributed by atoms with E-state index in [9.17, 15) is 14.0 Å². The summed E-state index contributed by atoms with van der Waals surface area (Å²) in [5, 5.41) is 2.55. The highest BCUT2D eigenvalue weighted by Gasteiger charge is 2.39. The molecule has 0 bridgehead atoms. The fourth-order valence-corrected chi connectivity index (χ4v) is 5.04. The molecule has 2 atom stereocenters. The lowest BCUT2D eigenvalue weighted by Gasteiger charge is -2.36. The second-order valence-corrected chi connectivity index (χ2v) is 9.12. The molecule has 4 rings (SSSR count). The molecule has 0 unspecified atom stereocenters. The Labute approximate surface area is 195 Å². The van der Waals surface area contributed by atoms with Gasteiger partial charge in [0.1, 0.15) is 11.1 Å². The number of hydrogen-bond acceptors (Lipinski definition) is 4. The Bertz CT molecular complexity index is 1150. The van der Waals surface area contributed by atoms with E-state index in [1.165, 1.54) is 23.9 Å². The van der Waals surface area contributed by atoms with E-state index < -0.39 is 17.0 Å². The molecule has 164 valence electrons. The number of rotatable bonds is 6. The van der Waals surface area contributed by atoms with Crippen LogP contribution in [0, 0.1) is 11.7 Å². The van der Waals surface area contributed by atoms with E-state index in [1.54, 1.807) is 36.4 Å². The van der Waals surface area contributed by atoms with Crippen LogP contribution in [0.4, 0.5) is 10.1 Å². The Balaban J connectivity index is 1.55. The predicted octanol–water partition coefficient (Wildman–Crippen LogP) is 4.83. The highest BCUT2D eigenvalue weighted by Crippen LogP contribution is 2.42. The number of fused-ring (bicyclic) bond motifs is 1. The quantitative estimate of drug-likeness (QED) is 0.561. The maximum absolute atomic E-state index is 13.5. The summed E-state index contributed by atoms with van der Waals surface area (Å²) in [6.45, 7) is 2.29. The van der Waals surface area contributed by atoms with Crippen molar-refractivity contribution in [1.29, 1.82) is 0 Å². The zero-order valence-corrected chi connectivity index (χ0v) is 18.9. The average Bonchev–Trinajstić information content (AvgIpc) is 2.80. The molecule has 0 saturated heterocycles. The number of nitrogens with one attached hydrogen (secondary N) is 1. The fraction of sp³-hybridized carbons (Fsp3) is 0.208. The van der Waals surface area contributed by atoms with Crippen LogP contribution >= 0.6 is 23.4 Å². The second kappa shape index (κ2) is 9.71. The van der Waals surface area contributed by atoms with Gasteiger partial charge in [0.05, 0.1) is 18.2 Å². The molecule has 0 saturated carbocycles. The molecular formula is C24H21ClFN3O2S. The van der Waals surface area contributed by atoms with Gasteiger partial charge < -0.3 is 10.2 Å². The van der Waals surface area contributed by atoms with Gasteiger partial charge in [-0.05, 0) is 41.5 Å². The van der Waals surface area contributed by atoms with Crippen LogP contribution in [0.15, 0.2) is 71.9 Å². The first-order valence-corrected chi connectivity index (χ1v) is 11.4. The van der Waals surface area contributed by atoms with Gasteiger partial charge in [0.15, 0.2) is 0 Å². The van der Waals surface area contributed by atoms with Gasteiger partial charge in [-0.3, -0.25) is 14.6 Å². The van der Waals surface area contributed by atoms with Crippen LogP contribution in [0.2, 0.25) is 5.02 Å². The number of carbonyl (C=O) groups excluding carboxylic acids is 2. The number of thioether (sulfide) groups is 1. The monoisotopic (exact) mass is 469 g/mol. The van der Waals surface area contributed by atoms with E-state index >= 15 is 0 Å². The van der Waals surface area contributed by atoms with Crippen LogP contribution in [-0.4, -0.2) is 22.0 Å². The Hall–Kier alpha value is -2.90. The Morgan fingerprint density at radius 2 is 2.06 bits per heavy atom. The number of para-hydroxylation sites is 1. The largest absolute Gasteiger partial charge is 0.352 e. The third kappa shape index (κ3) is 4.79. The van der Waals surface area contributed by atoms with Crippen molar-refractivity contribution >= 4 is 40.9 Å². The van der Waals surface area contributed by atoms with Crippen LogP contribution in [-0.2, 0) is 22.7 Å². The lowest BCUT2D eigenvalue weighted by atomic mass is 10.0.